The lowest BCUT2D eigenvalue weighted by atomic mass is 9.90. The van der Waals surface area contributed by atoms with Crippen LogP contribution in [0.3, 0.4) is 0 Å². The smallest absolute Gasteiger partial charge is 0.247 e. The van der Waals surface area contributed by atoms with Crippen molar-refractivity contribution in [3.63, 3.8) is 0 Å². The van der Waals surface area contributed by atoms with Gasteiger partial charge in [-0.25, -0.2) is 4.98 Å². The molecule has 1 amide bonds. The predicted octanol–water partition coefficient (Wildman–Crippen LogP) is 7.07. The van der Waals surface area contributed by atoms with Gasteiger partial charge in [-0.05, 0) is 56.9 Å². The molecule has 30 heavy (non-hydrogen) atoms. The van der Waals surface area contributed by atoms with Crippen LogP contribution in [0.1, 0.15) is 63.6 Å². The summed E-state index contributed by atoms with van der Waals surface area (Å²) in [7, 11) is 0. The molecule has 1 heterocycles. The molecular weight excluding hydrogens is 412 g/mol. The lowest BCUT2D eigenvalue weighted by molar-refractivity contribution is -0.118. The van der Waals surface area contributed by atoms with E-state index in [0.717, 1.165) is 36.3 Å². The van der Waals surface area contributed by atoms with E-state index < -0.39 is 0 Å². The maximum atomic E-state index is 12.5. The number of halogens is 1. The summed E-state index contributed by atoms with van der Waals surface area (Å²) in [5.74, 6) is 0.884. The van der Waals surface area contributed by atoms with Crippen LogP contribution in [-0.4, -0.2) is 10.9 Å². The van der Waals surface area contributed by atoms with Crippen molar-refractivity contribution in [2.45, 2.75) is 59.4 Å². The van der Waals surface area contributed by atoms with Crippen molar-refractivity contribution in [1.82, 2.24) is 10.3 Å². The number of allylic oxidation sites excluding steroid dienone is 2. The number of thiazole rings is 1. The van der Waals surface area contributed by atoms with Gasteiger partial charge in [-0.2, -0.15) is 0 Å². The number of hydrogen-bond acceptors (Lipinski definition) is 3. The SMILES string of the molecule is C/C(=C\C(C)CC(C)CC/C(=C/Cl)Cc1ccccc1)C(=O)NC(C)c1nccs1. The molecule has 3 unspecified atom stereocenters. The van der Waals surface area contributed by atoms with Crippen LogP contribution >= 0.6 is 22.9 Å². The van der Waals surface area contributed by atoms with E-state index in [1.165, 1.54) is 11.1 Å². The third kappa shape index (κ3) is 8.45. The van der Waals surface area contributed by atoms with Crippen molar-refractivity contribution in [1.29, 1.82) is 0 Å². The van der Waals surface area contributed by atoms with E-state index in [1.807, 2.05) is 25.3 Å². The first-order chi connectivity index (χ1) is 14.4. The van der Waals surface area contributed by atoms with Crippen LogP contribution in [0.5, 0.6) is 0 Å². The summed E-state index contributed by atoms with van der Waals surface area (Å²) >= 11 is 7.63. The minimum absolute atomic E-state index is 0.0209. The standard InChI is InChI=1S/C25H33ClN2OS/c1-18(10-11-23(17-26)16-22-8-6-5-7-9-22)14-19(2)15-20(3)24(29)28-21(4)25-27-12-13-30-25/h5-9,12-13,15,17-19,21H,10-11,14,16H2,1-4H3,(H,28,29)/b20-15+,23-17-. The fourth-order valence-corrected chi connectivity index (χ4v) is 4.45. The minimum atomic E-state index is -0.0690. The molecule has 2 aromatic rings. The number of nitrogens with zero attached hydrogens (tertiary/aromatic N) is 1. The summed E-state index contributed by atoms with van der Waals surface area (Å²) < 4.78 is 0. The van der Waals surface area contributed by atoms with Crippen molar-refractivity contribution in [2.75, 3.05) is 0 Å². The van der Waals surface area contributed by atoms with Crippen LogP contribution in [0.25, 0.3) is 0 Å². The van der Waals surface area contributed by atoms with Crippen molar-refractivity contribution in [2.24, 2.45) is 11.8 Å². The lowest BCUT2D eigenvalue weighted by Crippen LogP contribution is -2.27. The highest BCUT2D eigenvalue weighted by Crippen LogP contribution is 2.23. The molecule has 3 nitrogen and oxygen atoms in total. The Morgan fingerprint density at radius 1 is 1.23 bits per heavy atom. The summed E-state index contributed by atoms with van der Waals surface area (Å²) in [4.78, 5) is 16.7. The number of rotatable bonds is 11. The van der Waals surface area contributed by atoms with Crippen LogP contribution in [0.15, 0.2) is 64.7 Å². The zero-order chi connectivity index (χ0) is 21.9. The molecule has 0 saturated carbocycles. The van der Waals surface area contributed by atoms with Gasteiger partial charge < -0.3 is 5.32 Å². The number of amides is 1. The third-order valence-corrected chi connectivity index (χ3v) is 6.49. The average molecular weight is 445 g/mol. The van der Waals surface area contributed by atoms with Crippen LogP contribution in [0.2, 0.25) is 0 Å². The molecule has 162 valence electrons. The van der Waals surface area contributed by atoms with E-state index in [4.69, 9.17) is 11.6 Å². The fraction of sp³-hybridized carbons (Fsp3) is 0.440. The quantitative estimate of drug-likeness (QED) is 0.376. The molecule has 0 radical (unpaired) electrons. The molecule has 0 saturated heterocycles. The normalized spacial score (nSPS) is 15.5. The molecule has 1 aromatic heterocycles. The van der Waals surface area contributed by atoms with Crippen LogP contribution in [-0.2, 0) is 11.2 Å². The first kappa shape index (κ1) is 24.4. The number of aromatic nitrogens is 1. The monoisotopic (exact) mass is 444 g/mol. The first-order valence-electron chi connectivity index (χ1n) is 10.6. The molecule has 1 aromatic carbocycles. The second-order valence-electron chi connectivity index (χ2n) is 8.20. The highest BCUT2D eigenvalue weighted by atomic mass is 35.5. The third-order valence-electron chi connectivity index (χ3n) is 5.22. The largest absolute Gasteiger partial charge is 0.343 e. The Morgan fingerprint density at radius 3 is 2.60 bits per heavy atom. The molecular formula is C25H33ClN2OS. The van der Waals surface area contributed by atoms with Gasteiger partial charge >= 0.3 is 0 Å². The Kier molecular flexibility index (Phi) is 10.3. The van der Waals surface area contributed by atoms with E-state index in [9.17, 15) is 4.79 Å². The summed E-state index contributed by atoms with van der Waals surface area (Å²) in [6.07, 6.45) is 7.90. The zero-order valence-electron chi connectivity index (χ0n) is 18.4. The van der Waals surface area contributed by atoms with Gasteiger partial charge in [0, 0.05) is 22.7 Å². The Labute approximate surface area is 190 Å². The van der Waals surface area contributed by atoms with Gasteiger partial charge in [-0.3, -0.25) is 4.79 Å². The number of nitrogens with one attached hydrogen (secondary N) is 1. The second kappa shape index (κ2) is 12.7. The number of carbonyl (C=O) groups is 1. The Bertz CT molecular complexity index is 830. The maximum Gasteiger partial charge on any atom is 0.247 e. The molecule has 3 atom stereocenters. The molecule has 0 aliphatic rings. The molecule has 1 N–H and O–H groups in total. The van der Waals surface area contributed by atoms with Crippen LogP contribution < -0.4 is 5.32 Å². The molecule has 2 rings (SSSR count). The van der Waals surface area contributed by atoms with Crippen LogP contribution in [0, 0.1) is 11.8 Å². The number of carbonyl (C=O) groups excluding carboxylic acids is 1. The molecule has 0 bridgehead atoms. The highest BCUT2D eigenvalue weighted by Gasteiger charge is 2.14. The topological polar surface area (TPSA) is 42.0 Å². The average Bonchev–Trinajstić information content (AvgIpc) is 3.26. The van der Waals surface area contributed by atoms with Crippen molar-refractivity contribution < 1.29 is 4.79 Å². The van der Waals surface area contributed by atoms with Crippen molar-refractivity contribution >= 4 is 28.8 Å². The van der Waals surface area contributed by atoms with E-state index in [0.29, 0.717) is 11.8 Å². The Hall–Kier alpha value is -1.91. The Morgan fingerprint density at radius 2 is 1.97 bits per heavy atom. The van der Waals surface area contributed by atoms with Gasteiger partial charge in [-0.15, -0.1) is 11.3 Å². The number of hydrogen-bond donors (Lipinski definition) is 1. The van der Waals surface area contributed by atoms with Crippen LogP contribution in [0.4, 0.5) is 0 Å². The number of benzene rings is 1. The van der Waals surface area contributed by atoms with Crippen molar-refractivity contribution in [3.8, 4) is 0 Å². The summed E-state index contributed by atoms with van der Waals surface area (Å²) in [5, 5.41) is 5.88. The van der Waals surface area contributed by atoms with Gasteiger partial charge in [0.2, 0.25) is 5.91 Å². The summed E-state index contributed by atoms with van der Waals surface area (Å²) in [6.45, 7) is 8.31. The lowest BCUT2D eigenvalue weighted by Gasteiger charge is -2.17. The van der Waals surface area contributed by atoms with Gasteiger partial charge in [0.25, 0.3) is 0 Å². The second-order valence-corrected chi connectivity index (χ2v) is 9.35. The van der Waals surface area contributed by atoms with Crippen molar-refractivity contribution in [3.05, 3.63) is 75.2 Å². The summed E-state index contributed by atoms with van der Waals surface area (Å²) in [6, 6.07) is 10.4. The summed E-state index contributed by atoms with van der Waals surface area (Å²) in [5.41, 5.74) is 5.07. The first-order valence-corrected chi connectivity index (χ1v) is 11.9. The molecule has 0 aliphatic carbocycles. The molecule has 5 heteroatoms. The van der Waals surface area contributed by atoms with E-state index in [-0.39, 0.29) is 11.9 Å². The predicted molar refractivity (Wildman–Crippen MR) is 129 cm³/mol. The van der Waals surface area contributed by atoms with Gasteiger partial charge in [0.15, 0.2) is 0 Å². The van der Waals surface area contributed by atoms with E-state index in [1.54, 1.807) is 23.1 Å². The zero-order valence-corrected chi connectivity index (χ0v) is 20.0. The van der Waals surface area contributed by atoms with E-state index >= 15 is 0 Å². The van der Waals surface area contributed by atoms with E-state index in [2.05, 4.69) is 54.5 Å². The van der Waals surface area contributed by atoms with Gasteiger partial charge in [0.05, 0.1) is 6.04 Å². The van der Waals surface area contributed by atoms with Gasteiger partial charge in [-0.1, -0.05) is 67.4 Å². The molecule has 0 aliphatic heterocycles. The molecule has 0 fully saturated rings. The molecule has 0 spiro atoms. The van der Waals surface area contributed by atoms with Gasteiger partial charge in [0.1, 0.15) is 5.01 Å². The highest BCUT2D eigenvalue weighted by molar-refractivity contribution is 7.09. The Balaban J connectivity index is 1.78. The fourth-order valence-electron chi connectivity index (χ4n) is 3.61. The maximum absolute atomic E-state index is 12.5. The minimum Gasteiger partial charge on any atom is -0.343 e.